The number of aromatic nitrogens is 1. The molecule has 0 fully saturated rings. The molecule has 0 unspecified atom stereocenters. The molecule has 0 spiro atoms. The molecule has 0 saturated carbocycles. The van der Waals surface area contributed by atoms with Gasteiger partial charge in [0.25, 0.3) is 0 Å². The van der Waals surface area contributed by atoms with Crippen molar-refractivity contribution in [1.29, 1.82) is 0 Å². The Labute approximate surface area is 178 Å². The van der Waals surface area contributed by atoms with E-state index in [1.807, 2.05) is 6.92 Å². The molecule has 0 amide bonds. The average Bonchev–Trinajstić information content (AvgIpc) is 3.10. The van der Waals surface area contributed by atoms with Gasteiger partial charge in [0.15, 0.2) is 11.7 Å². The first-order valence-corrected chi connectivity index (χ1v) is 9.42. The van der Waals surface area contributed by atoms with Gasteiger partial charge in [0.1, 0.15) is 5.01 Å². The maximum absolute atomic E-state index is 12.6. The summed E-state index contributed by atoms with van der Waals surface area (Å²) in [4.78, 5) is 7.90. The Bertz CT molecular complexity index is 714. The molecule has 2 rings (SSSR count). The van der Waals surface area contributed by atoms with Crippen molar-refractivity contribution in [3.63, 3.8) is 0 Å². The van der Waals surface area contributed by atoms with Crippen LogP contribution in [0.15, 0.2) is 34.6 Å². The highest BCUT2D eigenvalue weighted by molar-refractivity contribution is 14.0. The lowest BCUT2D eigenvalue weighted by Gasteiger charge is -2.11. The molecule has 0 aliphatic carbocycles. The van der Waals surface area contributed by atoms with Gasteiger partial charge in [0.05, 0.1) is 6.54 Å². The largest absolute Gasteiger partial charge is 0.434 e. The fourth-order valence-electron chi connectivity index (χ4n) is 2.27. The Balaban J connectivity index is 0.00000364. The molecule has 1 heterocycles. The van der Waals surface area contributed by atoms with Gasteiger partial charge in [-0.3, -0.25) is 0 Å². The van der Waals surface area contributed by atoms with Crippen LogP contribution in [-0.4, -0.2) is 24.0 Å². The number of nitrogens with zero attached hydrogens (tertiary/aromatic N) is 2. The van der Waals surface area contributed by atoms with E-state index in [0.29, 0.717) is 24.1 Å². The highest BCUT2D eigenvalue weighted by Gasteiger charge is 2.33. The number of benzene rings is 1. The average molecular weight is 512 g/mol. The zero-order valence-electron chi connectivity index (χ0n) is 15.3. The summed E-state index contributed by atoms with van der Waals surface area (Å²) in [5, 5.41) is 7.64. The molecule has 1 aromatic heterocycles. The molecule has 0 aliphatic heterocycles. The molecule has 9 heteroatoms. The van der Waals surface area contributed by atoms with Crippen LogP contribution in [0.2, 0.25) is 0 Å². The van der Waals surface area contributed by atoms with E-state index in [9.17, 15) is 13.2 Å². The fraction of sp³-hybridized carbons (Fsp3) is 0.444. The van der Waals surface area contributed by atoms with E-state index in [4.69, 9.17) is 0 Å². The van der Waals surface area contributed by atoms with Gasteiger partial charge in [0.2, 0.25) is 0 Å². The van der Waals surface area contributed by atoms with Crippen molar-refractivity contribution in [3.05, 3.63) is 51.5 Å². The number of hydrogen-bond donors (Lipinski definition) is 2. The van der Waals surface area contributed by atoms with Gasteiger partial charge in [0, 0.05) is 18.5 Å². The second-order valence-corrected chi connectivity index (χ2v) is 6.61. The number of hydrogen-bond acceptors (Lipinski definition) is 3. The Kier molecular flexibility index (Phi) is 10.1. The molecule has 0 atom stereocenters. The second kappa shape index (κ2) is 11.5. The van der Waals surface area contributed by atoms with Crippen LogP contribution in [0, 0.1) is 0 Å². The van der Waals surface area contributed by atoms with Crippen LogP contribution in [0.4, 0.5) is 13.2 Å². The summed E-state index contributed by atoms with van der Waals surface area (Å²) >= 11 is 0.967. The van der Waals surface area contributed by atoms with Crippen molar-refractivity contribution < 1.29 is 13.2 Å². The van der Waals surface area contributed by atoms with Crippen LogP contribution < -0.4 is 10.6 Å². The summed E-state index contributed by atoms with van der Waals surface area (Å²) in [5.74, 6) is 0.571. The SMILES string of the molecule is CCNC(=NCc1nc(C(F)(F)F)cs1)NCCc1ccc(CC)cc1.I. The smallest absolute Gasteiger partial charge is 0.357 e. The third-order valence-electron chi connectivity index (χ3n) is 3.70. The van der Waals surface area contributed by atoms with E-state index >= 15 is 0 Å². The highest BCUT2D eigenvalue weighted by atomic mass is 127. The standard InChI is InChI=1S/C18H23F3N4S.HI/c1-3-13-5-7-14(8-6-13)9-10-23-17(22-4-2)24-11-16-25-15(12-26-16)18(19,20)21;/h5-8,12H,3-4,9-11H2,1-2H3,(H2,22,23,24);1H. The summed E-state index contributed by atoms with van der Waals surface area (Å²) in [6, 6.07) is 8.46. The van der Waals surface area contributed by atoms with Gasteiger partial charge in [-0.2, -0.15) is 13.2 Å². The van der Waals surface area contributed by atoms with E-state index in [2.05, 4.69) is 51.8 Å². The molecule has 4 nitrogen and oxygen atoms in total. The number of halogens is 4. The highest BCUT2D eigenvalue weighted by Crippen LogP contribution is 2.30. The predicted octanol–water partition coefficient (Wildman–Crippen LogP) is 4.64. The Hall–Kier alpha value is -1.36. The first kappa shape index (κ1) is 23.7. The minimum atomic E-state index is -4.41. The lowest BCUT2D eigenvalue weighted by molar-refractivity contribution is -0.140. The maximum Gasteiger partial charge on any atom is 0.434 e. The van der Waals surface area contributed by atoms with Gasteiger partial charge >= 0.3 is 6.18 Å². The third-order valence-corrected chi connectivity index (χ3v) is 4.53. The van der Waals surface area contributed by atoms with Crippen molar-refractivity contribution >= 4 is 41.3 Å². The monoisotopic (exact) mass is 512 g/mol. The number of nitrogens with one attached hydrogen (secondary N) is 2. The molecule has 0 radical (unpaired) electrons. The topological polar surface area (TPSA) is 49.3 Å². The minimum absolute atomic E-state index is 0. The van der Waals surface area contributed by atoms with Crippen LogP contribution in [0.25, 0.3) is 0 Å². The molecule has 0 aliphatic rings. The quantitative estimate of drug-likeness (QED) is 0.323. The molecule has 150 valence electrons. The number of alkyl halides is 3. The molecule has 1 aromatic carbocycles. The van der Waals surface area contributed by atoms with Crippen LogP contribution in [0.5, 0.6) is 0 Å². The van der Waals surface area contributed by atoms with Gasteiger partial charge in [-0.05, 0) is 30.9 Å². The van der Waals surface area contributed by atoms with Crippen LogP contribution >= 0.6 is 35.3 Å². The van der Waals surface area contributed by atoms with Crippen molar-refractivity contribution in [2.75, 3.05) is 13.1 Å². The van der Waals surface area contributed by atoms with E-state index in [1.54, 1.807) is 0 Å². The summed E-state index contributed by atoms with van der Waals surface area (Å²) in [7, 11) is 0. The molecule has 2 N–H and O–H groups in total. The molecule has 2 aromatic rings. The predicted molar refractivity (Wildman–Crippen MR) is 115 cm³/mol. The van der Waals surface area contributed by atoms with Gasteiger partial charge < -0.3 is 10.6 Å². The summed E-state index contributed by atoms with van der Waals surface area (Å²) in [6.45, 7) is 5.52. The Morgan fingerprint density at radius 3 is 2.33 bits per heavy atom. The normalized spacial score (nSPS) is 11.8. The lowest BCUT2D eigenvalue weighted by atomic mass is 10.1. The molecular formula is C18H24F3IN4S. The third kappa shape index (κ3) is 8.04. The van der Waals surface area contributed by atoms with Gasteiger partial charge in [-0.25, -0.2) is 9.98 Å². The number of aliphatic imine (C=N–C) groups is 1. The molecular weight excluding hydrogens is 488 g/mol. The zero-order valence-corrected chi connectivity index (χ0v) is 18.4. The van der Waals surface area contributed by atoms with Crippen molar-refractivity contribution in [1.82, 2.24) is 15.6 Å². The van der Waals surface area contributed by atoms with E-state index < -0.39 is 11.9 Å². The number of guanidine groups is 1. The van der Waals surface area contributed by atoms with Crippen molar-refractivity contribution in [2.24, 2.45) is 4.99 Å². The van der Waals surface area contributed by atoms with Crippen LogP contribution in [0.1, 0.15) is 35.7 Å². The molecule has 0 bridgehead atoms. The summed E-state index contributed by atoms with van der Waals surface area (Å²) < 4.78 is 37.7. The number of rotatable bonds is 7. The number of thiazole rings is 1. The summed E-state index contributed by atoms with van der Waals surface area (Å²) in [5.41, 5.74) is 1.67. The number of aryl methyl sites for hydroxylation is 1. The minimum Gasteiger partial charge on any atom is -0.357 e. The summed E-state index contributed by atoms with van der Waals surface area (Å²) in [6.07, 6.45) is -2.55. The van der Waals surface area contributed by atoms with Gasteiger partial charge in [-0.15, -0.1) is 35.3 Å². The molecule has 0 saturated heterocycles. The zero-order chi connectivity index (χ0) is 19.0. The molecule has 27 heavy (non-hydrogen) atoms. The first-order chi connectivity index (χ1) is 12.4. The van der Waals surface area contributed by atoms with E-state index in [-0.39, 0.29) is 30.5 Å². The van der Waals surface area contributed by atoms with E-state index in [1.165, 1.54) is 11.1 Å². The van der Waals surface area contributed by atoms with Crippen molar-refractivity contribution in [2.45, 2.75) is 39.4 Å². The van der Waals surface area contributed by atoms with Gasteiger partial charge in [-0.1, -0.05) is 31.2 Å². The Morgan fingerprint density at radius 1 is 1.11 bits per heavy atom. The lowest BCUT2D eigenvalue weighted by Crippen LogP contribution is -2.38. The maximum atomic E-state index is 12.6. The van der Waals surface area contributed by atoms with Crippen LogP contribution in [0.3, 0.4) is 0 Å². The Morgan fingerprint density at radius 2 is 1.78 bits per heavy atom. The van der Waals surface area contributed by atoms with Crippen molar-refractivity contribution in [3.8, 4) is 0 Å². The van der Waals surface area contributed by atoms with E-state index in [0.717, 1.165) is 29.6 Å². The first-order valence-electron chi connectivity index (χ1n) is 8.54. The fourth-order valence-corrected chi connectivity index (χ4v) is 2.99. The second-order valence-electron chi connectivity index (χ2n) is 5.67. The van der Waals surface area contributed by atoms with Crippen LogP contribution in [-0.2, 0) is 25.6 Å².